The molecular formula is C15H25IN4. The summed E-state index contributed by atoms with van der Waals surface area (Å²) in [5.74, 6) is 1.37. The first-order chi connectivity index (χ1) is 9.19. The van der Waals surface area contributed by atoms with E-state index >= 15 is 0 Å². The first-order valence-electron chi connectivity index (χ1n) is 7.17. The van der Waals surface area contributed by atoms with Crippen molar-refractivity contribution in [3.63, 3.8) is 0 Å². The molecule has 0 aliphatic carbocycles. The second-order valence-corrected chi connectivity index (χ2v) is 5.38. The number of halogens is 1. The summed E-state index contributed by atoms with van der Waals surface area (Å²) >= 11 is 0. The normalized spacial score (nSPS) is 19.6. The molecule has 5 heteroatoms. The molecule has 1 unspecified atom stereocenters. The maximum atomic E-state index is 6.08. The molecule has 2 rings (SSSR count). The second kappa shape index (κ2) is 8.44. The number of hydrogen-bond donors (Lipinski definition) is 1. The van der Waals surface area contributed by atoms with Crippen LogP contribution in [0.3, 0.4) is 0 Å². The van der Waals surface area contributed by atoms with Gasteiger partial charge in [-0.25, -0.2) is 4.99 Å². The van der Waals surface area contributed by atoms with E-state index in [0.717, 1.165) is 25.2 Å². The molecule has 0 bridgehead atoms. The summed E-state index contributed by atoms with van der Waals surface area (Å²) in [6, 6.07) is 4.15. The summed E-state index contributed by atoms with van der Waals surface area (Å²) in [7, 11) is 0. The van der Waals surface area contributed by atoms with Crippen molar-refractivity contribution in [2.75, 3.05) is 13.1 Å². The number of nitrogens with zero attached hydrogens (tertiary/aromatic N) is 3. The molecule has 1 aliphatic heterocycles. The van der Waals surface area contributed by atoms with E-state index in [1.54, 1.807) is 0 Å². The molecule has 0 radical (unpaired) electrons. The van der Waals surface area contributed by atoms with E-state index in [2.05, 4.69) is 34.8 Å². The zero-order valence-electron chi connectivity index (χ0n) is 12.4. The Morgan fingerprint density at radius 1 is 1.55 bits per heavy atom. The first kappa shape index (κ1) is 17.2. The summed E-state index contributed by atoms with van der Waals surface area (Å²) in [5.41, 5.74) is 8.37. The molecule has 1 saturated heterocycles. The Balaban J connectivity index is 0.00000200. The average molecular weight is 388 g/mol. The maximum Gasteiger partial charge on any atom is 0.191 e. The highest BCUT2D eigenvalue weighted by molar-refractivity contribution is 14.0. The zero-order chi connectivity index (χ0) is 13.7. The van der Waals surface area contributed by atoms with Crippen molar-refractivity contribution in [1.82, 2.24) is 9.88 Å². The van der Waals surface area contributed by atoms with Crippen molar-refractivity contribution < 1.29 is 0 Å². The molecule has 0 saturated carbocycles. The number of rotatable bonds is 3. The average Bonchev–Trinajstić information content (AvgIpc) is 2.45. The number of guanidine groups is 1. The number of aromatic nitrogens is 1. The summed E-state index contributed by atoms with van der Waals surface area (Å²) in [5, 5.41) is 0. The third-order valence-corrected chi connectivity index (χ3v) is 3.67. The smallest absolute Gasteiger partial charge is 0.191 e. The van der Waals surface area contributed by atoms with Crippen molar-refractivity contribution in [1.29, 1.82) is 0 Å². The second-order valence-electron chi connectivity index (χ2n) is 5.38. The lowest BCUT2D eigenvalue weighted by Gasteiger charge is -2.31. The summed E-state index contributed by atoms with van der Waals surface area (Å²) in [6.45, 7) is 7.04. The lowest BCUT2D eigenvalue weighted by Crippen LogP contribution is -2.43. The van der Waals surface area contributed by atoms with Crippen molar-refractivity contribution in [3.05, 3.63) is 29.6 Å². The standard InChI is InChI=1S/C15H24N4.HI/c1-3-13-6-7-17-14(9-13)10-18-15(16)19-8-4-5-12(2)11-19;/h6-7,9,12H,3-5,8,10-11H2,1-2H3,(H2,16,18);1H. The van der Waals surface area contributed by atoms with Gasteiger partial charge in [0.2, 0.25) is 0 Å². The summed E-state index contributed by atoms with van der Waals surface area (Å²) < 4.78 is 0. The minimum absolute atomic E-state index is 0. The summed E-state index contributed by atoms with van der Waals surface area (Å²) in [4.78, 5) is 11.0. The fourth-order valence-electron chi connectivity index (χ4n) is 2.49. The Morgan fingerprint density at radius 2 is 2.35 bits per heavy atom. The van der Waals surface area contributed by atoms with Crippen LogP contribution in [0.5, 0.6) is 0 Å². The number of pyridine rings is 1. The number of piperidine rings is 1. The molecule has 0 amide bonds. The Bertz CT molecular complexity index is 447. The predicted molar refractivity (Wildman–Crippen MR) is 94.3 cm³/mol. The molecule has 1 aromatic rings. The molecule has 1 aliphatic rings. The Kier molecular flexibility index (Phi) is 7.26. The van der Waals surface area contributed by atoms with E-state index in [0.29, 0.717) is 18.4 Å². The van der Waals surface area contributed by atoms with Crippen molar-refractivity contribution in [2.24, 2.45) is 16.6 Å². The molecule has 1 aromatic heterocycles. The summed E-state index contributed by atoms with van der Waals surface area (Å²) in [6.07, 6.45) is 5.38. The zero-order valence-corrected chi connectivity index (χ0v) is 14.7. The highest BCUT2D eigenvalue weighted by atomic mass is 127. The number of aliphatic imine (C=N–C) groups is 1. The number of nitrogens with two attached hydrogens (primary N) is 1. The van der Waals surface area contributed by atoms with Gasteiger partial charge in [-0.3, -0.25) is 4.98 Å². The molecule has 2 N–H and O–H groups in total. The van der Waals surface area contributed by atoms with Gasteiger partial charge in [-0.2, -0.15) is 0 Å². The highest BCUT2D eigenvalue weighted by Gasteiger charge is 2.17. The van der Waals surface area contributed by atoms with E-state index in [-0.39, 0.29) is 24.0 Å². The first-order valence-corrected chi connectivity index (χ1v) is 7.17. The van der Waals surface area contributed by atoms with Gasteiger partial charge < -0.3 is 10.6 Å². The van der Waals surface area contributed by atoms with Gasteiger partial charge >= 0.3 is 0 Å². The van der Waals surface area contributed by atoms with E-state index in [1.807, 2.05) is 12.3 Å². The van der Waals surface area contributed by atoms with Crippen LogP contribution in [-0.4, -0.2) is 28.9 Å². The van der Waals surface area contributed by atoms with Gasteiger partial charge in [0.15, 0.2) is 5.96 Å². The molecule has 0 aromatic carbocycles. The monoisotopic (exact) mass is 388 g/mol. The van der Waals surface area contributed by atoms with Crippen molar-refractivity contribution in [2.45, 2.75) is 39.7 Å². The fourth-order valence-corrected chi connectivity index (χ4v) is 2.49. The molecule has 4 nitrogen and oxygen atoms in total. The Hall–Kier alpha value is -0.850. The molecule has 1 atom stereocenters. The fraction of sp³-hybridized carbons (Fsp3) is 0.600. The SMILES string of the molecule is CCc1ccnc(CN=C(N)N2CCCC(C)C2)c1.I. The lowest BCUT2D eigenvalue weighted by atomic mass is 10.0. The van der Waals surface area contributed by atoms with Crippen molar-refractivity contribution in [3.8, 4) is 0 Å². The van der Waals surface area contributed by atoms with Gasteiger partial charge in [0, 0.05) is 19.3 Å². The van der Waals surface area contributed by atoms with Crippen LogP contribution in [0.1, 0.15) is 37.9 Å². The van der Waals surface area contributed by atoms with Crippen LogP contribution in [0.25, 0.3) is 0 Å². The van der Waals surface area contributed by atoms with E-state index in [1.165, 1.54) is 18.4 Å². The Labute approximate surface area is 138 Å². The van der Waals surface area contributed by atoms with Gasteiger partial charge in [0.05, 0.1) is 12.2 Å². The third kappa shape index (κ3) is 4.92. The largest absolute Gasteiger partial charge is 0.370 e. The molecule has 2 heterocycles. The quantitative estimate of drug-likeness (QED) is 0.492. The van der Waals surface area contributed by atoms with Crippen molar-refractivity contribution >= 4 is 29.9 Å². The minimum Gasteiger partial charge on any atom is -0.370 e. The van der Waals surface area contributed by atoms with Crippen LogP contribution in [-0.2, 0) is 13.0 Å². The van der Waals surface area contributed by atoms with Gasteiger partial charge in [0.1, 0.15) is 0 Å². The highest BCUT2D eigenvalue weighted by Crippen LogP contribution is 2.15. The number of likely N-dealkylation sites (tertiary alicyclic amines) is 1. The topological polar surface area (TPSA) is 54.5 Å². The van der Waals surface area contributed by atoms with Crippen LogP contribution < -0.4 is 5.73 Å². The van der Waals surface area contributed by atoms with Crippen LogP contribution >= 0.6 is 24.0 Å². The van der Waals surface area contributed by atoms with Crippen LogP contribution in [0.2, 0.25) is 0 Å². The van der Waals surface area contributed by atoms with E-state index < -0.39 is 0 Å². The molecule has 0 spiro atoms. The third-order valence-electron chi connectivity index (χ3n) is 3.67. The van der Waals surface area contributed by atoms with E-state index in [9.17, 15) is 0 Å². The molecule has 112 valence electrons. The Morgan fingerprint density at radius 3 is 3.05 bits per heavy atom. The lowest BCUT2D eigenvalue weighted by molar-refractivity contribution is 0.270. The molecule has 20 heavy (non-hydrogen) atoms. The maximum absolute atomic E-state index is 6.08. The minimum atomic E-state index is 0. The van der Waals surface area contributed by atoms with Crippen LogP contribution in [0.15, 0.2) is 23.3 Å². The molecular weight excluding hydrogens is 363 g/mol. The van der Waals surface area contributed by atoms with Crippen LogP contribution in [0, 0.1) is 5.92 Å². The van der Waals surface area contributed by atoms with Gasteiger partial charge in [-0.1, -0.05) is 13.8 Å². The number of aryl methyl sites for hydroxylation is 1. The predicted octanol–water partition coefficient (Wildman–Crippen LogP) is 2.81. The van der Waals surface area contributed by atoms with Gasteiger partial charge in [-0.05, 0) is 42.9 Å². The van der Waals surface area contributed by atoms with Crippen LogP contribution in [0.4, 0.5) is 0 Å². The van der Waals surface area contributed by atoms with Gasteiger partial charge in [-0.15, -0.1) is 24.0 Å². The number of hydrogen-bond acceptors (Lipinski definition) is 2. The van der Waals surface area contributed by atoms with E-state index in [4.69, 9.17) is 5.73 Å². The molecule has 1 fully saturated rings. The van der Waals surface area contributed by atoms with Gasteiger partial charge in [0.25, 0.3) is 0 Å².